The van der Waals surface area contributed by atoms with Gasteiger partial charge in [-0.3, -0.25) is 4.79 Å². The first-order chi connectivity index (χ1) is 13.5. The Kier molecular flexibility index (Phi) is 5.03. The van der Waals surface area contributed by atoms with Crippen molar-refractivity contribution in [3.8, 4) is 0 Å². The largest absolute Gasteiger partial charge is 0.371 e. The van der Waals surface area contributed by atoms with Crippen molar-refractivity contribution in [2.45, 2.75) is 19.8 Å². The molecule has 0 bridgehead atoms. The SMILES string of the molecule is Cc1[nH]c2ccccc2c1CC(=O)NC[C@H]1CCN(c2ccc(F)c(F)c2)C1. The van der Waals surface area contributed by atoms with Gasteiger partial charge in [0.1, 0.15) is 0 Å². The molecule has 0 aliphatic carbocycles. The van der Waals surface area contributed by atoms with Crippen molar-refractivity contribution in [1.82, 2.24) is 10.3 Å². The lowest BCUT2D eigenvalue weighted by atomic mass is 10.1. The summed E-state index contributed by atoms with van der Waals surface area (Å²) in [6.07, 6.45) is 1.25. The van der Waals surface area contributed by atoms with Gasteiger partial charge in [-0.05, 0) is 43.0 Å². The molecule has 1 saturated heterocycles. The average Bonchev–Trinajstić information content (AvgIpc) is 3.27. The van der Waals surface area contributed by atoms with E-state index in [4.69, 9.17) is 0 Å². The van der Waals surface area contributed by atoms with E-state index >= 15 is 0 Å². The molecule has 3 aromatic rings. The molecule has 2 N–H and O–H groups in total. The molecule has 1 aromatic heterocycles. The molecule has 2 aromatic carbocycles. The highest BCUT2D eigenvalue weighted by Gasteiger charge is 2.24. The van der Waals surface area contributed by atoms with E-state index in [0.29, 0.717) is 24.6 Å². The minimum atomic E-state index is -0.834. The fourth-order valence-electron chi connectivity index (χ4n) is 3.96. The van der Waals surface area contributed by atoms with Gasteiger partial charge in [0.2, 0.25) is 5.91 Å². The Balaban J connectivity index is 1.33. The van der Waals surface area contributed by atoms with Crippen molar-refractivity contribution < 1.29 is 13.6 Å². The fourth-order valence-corrected chi connectivity index (χ4v) is 3.96. The van der Waals surface area contributed by atoms with Crippen LogP contribution in [0.1, 0.15) is 17.7 Å². The molecule has 0 radical (unpaired) electrons. The molecule has 1 aliphatic rings. The van der Waals surface area contributed by atoms with Crippen LogP contribution in [0.5, 0.6) is 0 Å². The van der Waals surface area contributed by atoms with E-state index in [2.05, 4.69) is 10.3 Å². The summed E-state index contributed by atoms with van der Waals surface area (Å²) in [4.78, 5) is 17.8. The molecular formula is C22H23F2N3O. The second-order valence-corrected chi connectivity index (χ2v) is 7.45. The van der Waals surface area contributed by atoms with Gasteiger partial charge >= 0.3 is 0 Å². The molecule has 1 fully saturated rings. The summed E-state index contributed by atoms with van der Waals surface area (Å²) in [7, 11) is 0. The number of aromatic amines is 1. The lowest BCUT2D eigenvalue weighted by molar-refractivity contribution is -0.120. The molecule has 2 heterocycles. The molecule has 0 spiro atoms. The highest BCUT2D eigenvalue weighted by molar-refractivity contribution is 5.90. The monoisotopic (exact) mass is 383 g/mol. The Morgan fingerprint density at radius 3 is 2.86 bits per heavy atom. The number of anilines is 1. The fraction of sp³-hybridized carbons (Fsp3) is 0.318. The quantitative estimate of drug-likeness (QED) is 0.701. The van der Waals surface area contributed by atoms with Gasteiger partial charge in [-0.25, -0.2) is 8.78 Å². The van der Waals surface area contributed by atoms with Crippen LogP contribution in [0.15, 0.2) is 42.5 Å². The summed E-state index contributed by atoms with van der Waals surface area (Å²) < 4.78 is 26.6. The number of amides is 1. The molecule has 146 valence electrons. The smallest absolute Gasteiger partial charge is 0.224 e. The highest BCUT2D eigenvalue weighted by Crippen LogP contribution is 2.25. The summed E-state index contributed by atoms with van der Waals surface area (Å²) in [5.74, 6) is -1.37. The van der Waals surface area contributed by atoms with Crippen molar-refractivity contribution in [2.75, 3.05) is 24.5 Å². The summed E-state index contributed by atoms with van der Waals surface area (Å²) in [5.41, 5.74) is 3.77. The van der Waals surface area contributed by atoms with Gasteiger partial charge in [-0.2, -0.15) is 0 Å². The Morgan fingerprint density at radius 1 is 1.21 bits per heavy atom. The van der Waals surface area contributed by atoms with E-state index in [0.717, 1.165) is 47.7 Å². The van der Waals surface area contributed by atoms with Gasteiger partial charge in [0, 0.05) is 48.0 Å². The lowest BCUT2D eigenvalue weighted by Gasteiger charge is -2.19. The first-order valence-electron chi connectivity index (χ1n) is 9.54. The van der Waals surface area contributed by atoms with Gasteiger partial charge in [-0.1, -0.05) is 18.2 Å². The summed E-state index contributed by atoms with van der Waals surface area (Å²) >= 11 is 0. The number of para-hydroxylation sites is 1. The first-order valence-corrected chi connectivity index (χ1v) is 9.54. The number of fused-ring (bicyclic) bond motifs is 1. The van der Waals surface area contributed by atoms with Crippen LogP contribution in [-0.4, -0.2) is 30.5 Å². The molecular weight excluding hydrogens is 360 g/mol. The third kappa shape index (κ3) is 3.72. The number of carbonyl (C=O) groups excluding carboxylic acids is 1. The van der Waals surface area contributed by atoms with E-state index in [1.165, 1.54) is 6.07 Å². The third-order valence-electron chi connectivity index (χ3n) is 5.51. The van der Waals surface area contributed by atoms with Crippen LogP contribution in [0, 0.1) is 24.5 Å². The van der Waals surface area contributed by atoms with E-state index in [1.807, 2.05) is 36.1 Å². The van der Waals surface area contributed by atoms with Gasteiger partial charge in [-0.15, -0.1) is 0 Å². The van der Waals surface area contributed by atoms with E-state index in [9.17, 15) is 13.6 Å². The topological polar surface area (TPSA) is 48.1 Å². The number of halogens is 2. The van der Waals surface area contributed by atoms with Crippen LogP contribution in [0.25, 0.3) is 10.9 Å². The second kappa shape index (κ2) is 7.62. The number of aryl methyl sites for hydroxylation is 1. The average molecular weight is 383 g/mol. The molecule has 6 heteroatoms. The van der Waals surface area contributed by atoms with E-state index in [1.54, 1.807) is 6.07 Å². The van der Waals surface area contributed by atoms with Crippen LogP contribution in [0.4, 0.5) is 14.5 Å². The van der Waals surface area contributed by atoms with E-state index in [-0.39, 0.29) is 5.91 Å². The lowest BCUT2D eigenvalue weighted by Crippen LogP contribution is -2.32. The normalized spacial score (nSPS) is 16.7. The molecule has 1 atom stereocenters. The molecule has 1 aliphatic heterocycles. The van der Waals surface area contributed by atoms with Gasteiger partial charge in [0.05, 0.1) is 6.42 Å². The number of nitrogens with zero attached hydrogens (tertiary/aromatic N) is 1. The number of carbonyl (C=O) groups is 1. The minimum Gasteiger partial charge on any atom is -0.371 e. The Labute approximate surface area is 162 Å². The molecule has 28 heavy (non-hydrogen) atoms. The Hall–Kier alpha value is -2.89. The zero-order chi connectivity index (χ0) is 19.7. The van der Waals surface area contributed by atoms with Crippen LogP contribution < -0.4 is 10.2 Å². The van der Waals surface area contributed by atoms with Crippen LogP contribution >= 0.6 is 0 Å². The molecule has 0 unspecified atom stereocenters. The number of nitrogens with one attached hydrogen (secondary N) is 2. The predicted molar refractivity (Wildman–Crippen MR) is 106 cm³/mol. The highest BCUT2D eigenvalue weighted by atomic mass is 19.2. The molecule has 1 amide bonds. The first kappa shape index (κ1) is 18.5. The van der Waals surface area contributed by atoms with Gasteiger partial charge in [0.15, 0.2) is 11.6 Å². The predicted octanol–water partition coefficient (Wildman–Crippen LogP) is 3.94. The number of hydrogen-bond donors (Lipinski definition) is 2. The van der Waals surface area contributed by atoms with Crippen molar-refractivity contribution in [2.24, 2.45) is 5.92 Å². The zero-order valence-electron chi connectivity index (χ0n) is 15.8. The van der Waals surface area contributed by atoms with Crippen molar-refractivity contribution in [3.63, 3.8) is 0 Å². The third-order valence-corrected chi connectivity index (χ3v) is 5.51. The maximum Gasteiger partial charge on any atom is 0.224 e. The van der Waals surface area contributed by atoms with Crippen LogP contribution in [-0.2, 0) is 11.2 Å². The maximum atomic E-state index is 13.4. The van der Waals surface area contributed by atoms with Crippen molar-refractivity contribution in [3.05, 3.63) is 65.4 Å². The zero-order valence-corrected chi connectivity index (χ0v) is 15.8. The summed E-state index contributed by atoms with van der Waals surface area (Å²) in [6, 6.07) is 12.0. The van der Waals surface area contributed by atoms with Crippen LogP contribution in [0.3, 0.4) is 0 Å². The standard InChI is InChI=1S/C22H23F2N3O/c1-14-18(17-4-2-3-5-21(17)26-14)11-22(28)25-12-15-8-9-27(13-15)16-6-7-19(23)20(24)10-16/h2-7,10,15,26H,8-9,11-13H2,1H3,(H,25,28)/t15-/m1/s1. The van der Waals surface area contributed by atoms with Gasteiger partial charge in [0.25, 0.3) is 0 Å². The number of rotatable bonds is 5. The molecule has 0 saturated carbocycles. The second-order valence-electron chi connectivity index (χ2n) is 7.45. The van der Waals surface area contributed by atoms with Crippen molar-refractivity contribution >= 4 is 22.5 Å². The Morgan fingerprint density at radius 2 is 2.04 bits per heavy atom. The Bertz CT molecular complexity index is 1010. The van der Waals surface area contributed by atoms with Crippen LogP contribution in [0.2, 0.25) is 0 Å². The molecule has 4 nitrogen and oxygen atoms in total. The van der Waals surface area contributed by atoms with Crippen molar-refractivity contribution in [1.29, 1.82) is 0 Å². The number of benzene rings is 2. The van der Waals surface area contributed by atoms with E-state index < -0.39 is 11.6 Å². The summed E-state index contributed by atoms with van der Waals surface area (Å²) in [6.45, 7) is 4.06. The van der Waals surface area contributed by atoms with Gasteiger partial charge < -0.3 is 15.2 Å². The molecule has 4 rings (SSSR count). The number of hydrogen-bond acceptors (Lipinski definition) is 2. The number of aromatic nitrogens is 1. The summed E-state index contributed by atoms with van der Waals surface area (Å²) in [5, 5.41) is 4.12. The minimum absolute atomic E-state index is 0.000806. The maximum absolute atomic E-state index is 13.4. The number of H-pyrrole nitrogens is 1.